The van der Waals surface area contributed by atoms with Crippen LogP contribution >= 0.6 is 0 Å². The third kappa shape index (κ3) is 5.31. The molecule has 1 aromatic heterocycles. The van der Waals surface area contributed by atoms with Gasteiger partial charge in [-0.2, -0.15) is 0 Å². The fourth-order valence-corrected chi connectivity index (χ4v) is 2.20. The lowest BCUT2D eigenvalue weighted by molar-refractivity contribution is -0.384. The Balaban J connectivity index is 1.69. The lowest BCUT2D eigenvalue weighted by atomic mass is 10.2. The number of nitro benzene ring substituents is 1. The smallest absolute Gasteiger partial charge is 0.292 e. The lowest BCUT2D eigenvalue weighted by Crippen LogP contribution is -2.40. The standard InChI is InChI=1S/C16H22N6O2/c1-17-16(20-10-13-21-11-4-5-12-21)19-9-8-18-14-6-2-3-7-15(14)22(23)24/h2-7,11-12,18H,8-10,13H2,1H3,(H2,17,19,20). The van der Waals surface area contributed by atoms with E-state index in [0.717, 1.165) is 13.1 Å². The van der Waals surface area contributed by atoms with Crippen LogP contribution in [0.1, 0.15) is 0 Å². The van der Waals surface area contributed by atoms with E-state index in [9.17, 15) is 10.1 Å². The van der Waals surface area contributed by atoms with Crippen molar-refractivity contribution < 1.29 is 4.92 Å². The molecule has 8 nitrogen and oxygen atoms in total. The molecule has 0 unspecified atom stereocenters. The third-order valence-corrected chi connectivity index (χ3v) is 3.39. The van der Waals surface area contributed by atoms with Gasteiger partial charge in [-0.1, -0.05) is 12.1 Å². The molecule has 0 aliphatic rings. The number of para-hydroxylation sites is 2. The third-order valence-electron chi connectivity index (χ3n) is 3.39. The normalized spacial score (nSPS) is 11.1. The van der Waals surface area contributed by atoms with Crippen LogP contribution in [-0.4, -0.2) is 42.1 Å². The molecule has 0 saturated carbocycles. The summed E-state index contributed by atoms with van der Waals surface area (Å²) in [6.07, 6.45) is 4.02. The molecule has 128 valence electrons. The summed E-state index contributed by atoms with van der Waals surface area (Å²) in [7, 11) is 1.71. The molecule has 8 heteroatoms. The number of nitrogens with one attached hydrogen (secondary N) is 3. The second kappa shape index (κ2) is 9.19. The molecule has 24 heavy (non-hydrogen) atoms. The van der Waals surface area contributed by atoms with Crippen LogP contribution < -0.4 is 16.0 Å². The average Bonchev–Trinajstić information content (AvgIpc) is 3.10. The molecule has 0 spiro atoms. The Morgan fingerprint density at radius 1 is 1.12 bits per heavy atom. The van der Waals surface area contributed by atoms with Crippen LogP contribution in [0.5, 0.6) is 0 Å². The van der Waals surface area contributed by atoms with Crippen LogP contribution in [0.3, 0.4) is 0 Å². The van der Waals surface area contributed by atoms with Gasteiger partial charge in [-0.15, -0.1) is 0 Å². The first-order chi connectivity index (χ1) is 11.7. The average molecular weight is 330 g/mol. The van der Waals surface area contributed by atoms with E-state index in [-0.39, 0.29) is 5.69 Å². The van der Waals surface area contributed by atoms with E-state index < -0.39 is 4.92 Å². The van der Waals surface area contributed by atoms with E-state index in [0.29, 0.717) is 24.7 Å². The van der Waals surface area contributed by atoms with Crippen molar-refractivity contribution in [3.63, 3.8) is 0 Å². The molecule has 0 fully saturated rings. The van der Waals surface area contributed by atoms with Gasteiger partial charge in [-0.3, -0.25) is 15.1 Å². The highest BCUT2D eigenvalue weighted by Crippen LogP contribution is 2.22. The Morgan fingerprint density at radius 3 is 2.54 bits per heavy atom. The fraction of sp³-hybridized carbons (Fsp3) is 0.312. The van der Waals surface area contributed by atoms with Crippen molar-refractivity contribution in [2.45, 2.75) is 6.54 Å². The quantitative estimate of drug-likeness (QED) is 0.225. The van der Waals surface area contributed by atoms with Gasteiger partial charge in [0, 0.05) is 51.7 Å². The molecule has 0 atom stereocenters. The zero-order valence-corrected chi connectivity index (χ0v) is 13.6. The zero-order valence-electron chi connectivity index (χ0n) is 13.6. The molecule has 0 amide bonds. The van der Waals surface area contributed by atoms with Crippen molar-refractivity contribution in [1.82, 2.24) is 15.2 Å². The number of rotatable bonds is 8. The van der Waals surface area contributed by atoms with Crippen molar-refractivity contribution in [2.75, 3.05) is 32.0 Å². The fourth-order valence-electron chi connectivity index (χ4n) is 2.20. The van der Waals surface area contributed by atoms with Crippen LogP contribution in [0.2, 0.25) is 0 Å². The number of anilines is 1. The molecular weight excluding hydrogens is 308 g/mol. The van der Waals surface area contributed by atoms with Gasteiger partial charge in [0.25, 0.3) is 5.69 Å². The van der Waals surface area contributed by atoms with Gasteiger partial charge in [-0.25, -0.2) is 0 Å². The van der Waals surface area contributed by atoms with E-state index in [1.807, 2.05) is 24.5 Å². The van der Waals surface area contributed by atoms with Gasteiger partial charge in [0.2, 0.25) is 0 Å². The van der Waals surface area contributed by atoms with E-state index in [1.165, 1.54) is 6.07 Å². The number of aromatic nitrogens is 1. The van der Waals surface area contributed by atoms with Gasteiger partial charge in [0.1, 0.15) is 5.69 Å². The van der Waals surface area contributed by atoms with Gasteiger partial charge in [0.15, 0.2) is 5.96 Å². The molecular formula is C16H22N6O2. The van der Waals surface area contributed by atoms with E-state index in [4.69, 9.17) is 0 Å². The molecule has 0 bridgehead atoms. The molecule has 2 aromatic rings. The summed E-state index contributed by atoms with van der Waals surface area (Å²) in [5, 5.41) is 20.4. The number of nitrogens with zero attached hydrogens (tertiary/aromatic N) is 3. The lowest BCUT2D eigenvalue weighted by Gasteiger charge is -2.13. The minimum Gasteiger partial charge on any atom is -0.378 e. The highest BCUT2D eigenvalue weighted by atomic mass is 16.6. The summed E-state index contributed by atoms with van der Waals surface area (Å²) in [5.74, 6) is 0.700. The predicted molar refractivity (Wildman–Crippen MR) is 95.4 cm³/mol. The maximum Gasteiger partial charge on any atom is 0.292 e. The van der Waals surface area contributed by atoms with E-state index >= 15 is 0 Å². The minimum atomic E-state index is -0.391. The second-order valence-corrected chi connectivity index (χ2v) is 5.05. The Morgan fingerprint density at radius 2 is 1.83 bits per heavy atom. The highest BCUT2D eigenvalue weighted by Gasteiger charge is 2.11. The maximum atomic E-state index is 10.9. The molecule has 2 rings (SSSR count). The Kier molecular flexibility index (Phi) is 6.63. The van der Waals surface area contributed by atoms with Gasteiger partial charge in [-0.05, 0) is 18.2 Å². The number of hydrogen-bond acceptors (Lipinski definition) is 4. The summed E-state index contributed by atoms with van der Waals surface area (Å²) < 4.78 is 2.08. The van der Waals surface area contributed by atoms with Crippen LogP contribution in [0, 0.1) is 10.1 Å². The topological polar surface area (TPSA) is 96.5 Å². The van der Waals surface area contributed by atoms with Crippen LogP contribution in [0.15, 0.2) is 53.8 Å². The molecule has 0 saturated heterocycles. The minimum absolute atomic E-state index is 0.0757. The Labute approximate surface area is 140 Å². The first-order valence-electron chi connectivity index (χ1n) is 7.73. The first-order valence-corrected chi connectivity index (χ1v) is 7.73. The summed E-state index contributed by atoms with van der Waals surface area (Å²) in [4.78, 5) is 14.7. The van der Waals surface area contributed by atoms with Gasteiger partial charge in [0.05, 0.1) is 4.92 Å². The van der Waals surface area contributed by atoms with Crippen LogP contribution in [0.25, 0.3) is 0 Å². The Hall–Kier alpha value is -3.03. The summed E-state index contributed by atoms with van der Waals surface area (Å²) in [6, 6.07) is 10.6. The maximum absolute atomic E-state index is 10.9. The monoisotopic (exact) mass is 330 g/mol. The van der Waals surface area contributed by atoms with Crippen molar-refractivity contribution in [3.05, 3.63) is 58.9 Å². The van der Waals surface area contributed by atoms with Crippen LogP contribution in [0.4, 0.5) is 11.4 Å². The molecule has 0 aliphatic heterocycles. The van der Waals surface area contributed by atoms with Crippen molar-refractivity contribution in [1.29, 1.82) is 0 Å². The summed E-state index contributed by atoms with van der Waals surface area (Å²) >= 11 is 0. The van der Waals surface area contributed by atoms with Crippen molar-refractivity contribution >= 4 is 17.3 Å². The number of nitro groups is 1. The van der Waals surface area contributed by atoms with E-state index in [2.05, 4.69) is 25.5 Å². The zero-order chi connectivity index (χ0) is 17.2. The molecule has 0 radical (unpaired) electrons. The number of hydrogen-bond donors (Lipinski definition) is 3. The largest absolute Gasteiger partial charge is 0.378 e. The predicted octanol–water partition coefficient (Wildman–Crippen LogP) is 1.67. The molecule has 0 aliphatic carbocycles. The van der Waals surface area contributed by atoms with Crippen molar-refractivity contribution in [3.8, 4) is 0 Å². The van der Waals surface area contributed by atoms with Crippen LogP contribution in [-0.2, 0) is 6.54 Å². The molecule has 3 N–H and O–H groups in total. The van der Waals surface area contributed by atoms with E-state index in [1.54, 1.807) is 25.2 Å². The molecule has 1 aromatic carbocycles. The number of guanidine groups is 1. The number of benzene rings is 1. The van der Waals surface area contributed by atoms with Gasteiger partial charge >= 0.3 is 0 Å². The Bertz CT molecular complexity index is 669. The SMILES string of the molecule is CN=C(NCCNc1ccccc1[N+](=O)[O-])NCCn1cccc1. The highest BCUT2D eigenvalue weighted by molar-refractivity contribution is 5.79. The summed E-state index contributed by atoms with van der Waals surface area (Å²) in [5.41, 5.74) is 0.589. The summed E-state index contributed by atoms with van der Waals surface area (Å²) in [6.45, 7) is 2.74. The van der Waals surface area contributed by atoms with Crippen molar-refractivity contribution in [2.24, 2.45) is 4.99 Å². The number of aliphatic imine (C=N–C) groups is 1. The molecule has 1 heterocycles. The van der Waals surface area contributed by atoms with Gasteiger partial charge < -0.3 is 20.5 Å². The second-order valence-electron chi connectivity index (χ2n) is 5.05. The first kappa shape index (κ1) is 17.3.